The molecule has 3 heteroatoms. The fourth-order valence-corrected chi connectivity index (χ4v) is 0. The Morgan fingerprint density at radius 2 is 2.00 bits per heavy atom. The van der Waals surface area contributed by atoms with Crippen molar-refractivity contribution < 1.29 is 4.39 Å². The maximum Gasteiger partial charge on any atom is 0.113 e. The summed E-state index contributed by atoms with van der Waals surface area (Å²) in [5, 5.41) is 0. The molecular formula is C3H7BrFP. The standard InChI is InChI=1S/C3H7BrFP/c1-2(5)3(4)6/h2-3H,6H2,1H3. The predicted molar refractivity (Wildman–Crippen MR) is 33.0 cm³/mol. The van der Waals surface area contributed by atoms with Gasteiger partial charge in [-0.1, -0.05) is 15.9 Å². The first kappa shape index (κ1) is 6.84. The molecule has 38 valence electrons. The average Bonchev–Trinajstić information content (AvgIpc) is 1.36. The molecule has 0 aromatic rings. The van der Waals surface area contributed by atoms with Crippen molar-refractivity contribution in [1.29, 1.82) is 0 Å². The molecule has 0 aliphatic carbocycles. The lowest BCUT2D eigenvalue weighted by molar-refractivity contribution is 0.389. The molecule has 0 fully saturated rings. The number of hydrogen-bond donors (Lipinski definition) is 0. The van der Waals surface area contributed by atoms with E-state index in [-0.39, 0.29) is 4.57 Å². The van der Waals surface area contributed by atoms with Crippen molar-refractivity contribution in [2.24, 2.45) is 0 Å². The van der Waals surface area contributed by atoms with Crippen LogP contribution in [0.25, 0.3) is 0 Å². The summed E-state index contributed by atoms with van der Waals surface area (Å²) in [6.45, 7) is 1.51. The molecule has 0 amide bonds. The van der Waals surface area contributed by atoms with Crippen LogP contribution in [0.4, 0.5) is 4.39 Å². The summed E-state index contributed by atoms with van der Waals surface area (Å²) in [6, 6.07) is 0. The zero-order chi connectivity index (χ0) is 5.15. The Labute approximate surface area is 47.8 Å². The van der Waals surface area contributed by atoms with Gasteiger partial charge < -0.3 is 0 Å². The Kier molecular flexibility index (Phi) is 3.33. The zero-order valence-electron chi connectivity index (χ0n) is 3.49. The molecule has 0 aliphatic heterocycles. The maximum absolute atomic E-state index is 11.8. The van der Waals surface area contributed by atoms with Crippen molar-refractivity contribution in [2.45, 2.75) is 17.7 Å². The minimum Gasteiger partial charge on any atom is -0.246 e. The Morgan fingerprint density at radius 3 is 2.00 bits per heavy atom. The van der Waals surface area contributed by atoms with E-state index in [9.17, 15) is 4.39 Å². The minimum absolute atomic E-state index is 0.0856. The number of alkyl halides is 2. The fraction of sp³-hybridized carbons (Fsp3) is 1.00. The fourth-order valence-electron chi connectivity index (χ4n) is 0. The molecule has 0 rings (SSSR count). The van der Waals surface area contributed by atoms with Crippen LogP contribution in [0.2, 0.25) is 0 Å². The highest BCUT2D eigenvalue weighted by Crippen LogP contribution is 2.14. The molecule has 0 aromatic carbocycles. The van der Waals surface area contributed by atoms with Crippen LogP contribution in [-0.4, -0.2) is 10.7 Å². The summed E-state index contributed by atoms with van der Waals surface area (Å²) in [5.74, 6) is 0. The number of rotatable bonds is 1. The molecule has 0 saturated carbocycles. The van der Waals surface area contributed by atoms with Crippen molar-refractivity contribution in [2.75, 3.05) is 0 Å². The van der Waals surface area contributed by atoms with E-state index < -0.39 is 6.17 Å². The van der Waals surface area contributed by atoms with Gasteiger partial charge in [-0.15, -0.1) is 9.24 Å². The lowest BCUT2D eigenvalue weighted by Gasteiger charge is -1.99. The summed E-state index contributed by atoms with van der Waals surface area (Å²) in [5.41, 5.74) is 0. The normalized spacial score (nSPS) is 20.0. The van der Waals surface area contributed by atoms with Crippen molar-refractivity contribution in [3.8, 4) is 0 Å². The Balaban J connectivity index is 2.99. The van der Waals surface area contributed by atoms with E-state index in [0.717, 1.165) is 0 Å². The molecule has 0 saturated heterocycles. The van der Waals surface area contributed by atoms with Gasteiger partial charge in [0, 0.05) is 0 Å². The van der Waals surface area contributed by atoms with Gasteiger partial charge in [-0.25, -0.2) is 4.39 Å². The molecule has 0 spiro atoms. The molecule has 0 bridgehead atoms. The lowest BCUT2D eigenvalue weighted by Crippen LogP contribution is -2.00. The van der Waals surface area contributed by atoms with Crippen LogP contribution in [-0.2, 0) is 0 Å². The molecule has 0 aliphatic rings. The Hall–Kier alpha value is 0.840. The Morgan fingerprint density at radius 1 is 1.83 bits per heavy atom. The molecule has 6 heavy (non-hydrogen) atoms. The van der Waals surface area contributed by atoms with Gasteiger partial charge in [-0.3, -0.25) is 0 Å². The zero-order valence-corrected chi connectivity index (χ0v) is 6.23. The molecule has 0 N–H and O–H groups in total. The quantitative estimate of drug-likeness (QED) is 0.419. The average molecular weight is 173 g/mol. The number of hydrogen-bond acceptors (Lipinski definition) is 0. The summed E-state index contributed by atoms with van der Waals surface area (Å²) in [6.07, 6.45) is -0.769. The van der Waals surface area contributed by atoms with Crippen LogP contribution in [0, 0.1) is 0 Å². The molecular weight excluding hydrogens is 166 g/mol. The van der Waals surface area contributed by atoms with Crippen LogP contribution in [0.15, 0.2) is 0 Å². The smallest absolute Gasteiger partial charge is 0.113 e. The van der Waals surface area contributed by atoms with Gasteiger partial charge in [-0.05, 0) is 6.92 Å². The van der Waals surface area contributed by atoms with Crippen molar-refractivity contribution in [1.82, 2.24) is 0 Å². The molecule has 3 atom stereocenters. The summed E-state index contributed by atoms with van der Waals surface area (Å²) in [7, 11) is 2.31. The Bertz CT molecular complexity index is 31.8. The highest BCUT2D eigenvalue weighted by atomic mass is 79.9. The summed E-state index contributed by atoms with van der Waals surface area (Å²) < 4.78 is 11.7. The highest BCUT2D eigenvalue weighted by Gasteiger charge is 2.02. The monoisotopic (exact) mass is 172 g/mol. The molecule has 0 heterocycles. The second-order valence-corrected chi connectivity index (χ2v) is 3.87. The molecule has 0 radical (unpaired) electrons. The van der Waals surface area contributed by atoms with Crippen LogP contribution >= 0.6 is 25.2 Å². The summed E-state index contributed by atoms with van der Waals surface area (Å²) in [4.78, 5) is 0. The van der Waals surface area contributed by atoms with Crippen LogP contribution in [0.1, 0.15) is 6.92 Å². The predicted octanol–water partition coefficient (Wildman–Crippen LogP) is 1.94. The first-order valence-electron chi connectivity index (χ1n) is 1.68. The van der Waals surface area contributed by atoms with E-state index in [1.807, 2.05) is 0 Å². The van der Waals surface area contributed by atoms with Crippen molar-refractivity contribution >= 4 is 25.2 Å². The second-order valence-electron chi connectivity index (χ2n) is 1.12. The van der Waals surface area contributed by atoms with Gasteiger partial charge >= 0.3 is 0 Å². The lowest BCUT2D eigenvalue weighted by atomic mass is 10.5. The van der Waals surface area contributed by atoms with Gasteiger partial charge in [0.1, 0.15) is 6.17 Å². The molecule has 0 nitrogen and oxygen atoms in total. The third kappa shape index (κ3) is 3.05. The third-order valence-corrected chi connectivity index (χ3v) is 1.70. The van der Waals surface area contributed by atoms with E-state index in [2.05, 4.69) is 25.2 Å². The van der Waals surface area contributed by atoms with Crippen LogP contribution in [0.5, 0.6) is 0 Å². The first-order chi connectivity index (χ1) is 2.64. The van der Waals surface area contributed by atoms with E-state index in [0.29, 0.717) is 0 Å². The van der Waals surface area contributed by atoms with Gasteiger partial charge in [0.25, 0.3) is 0 Å². The molecule has 3 unspecified atom stereocenters. The first-order valence-corrected chi connectivity index (χ1v) is 3.26. The van der Waals surface area contributed by atoms with E-state index in [1.54, 1.807) is 0 Å². The summed E-state index contributed by atoms with van der Waals surface area (Å²) >= 11 is 3.03. The maximum atomic E-state index is 11.8. The van der Waals surface area contributed by atoms with Crippen molar-refractivity contribution in [3.05, 3.63) is 0 Å². The van der Waals surface area contributed by atoms with Crippen LogP contribution in [0.3, 0.4) is 0 Å². The number of halogens is 2. The van der Waals surface area contributed by atoms with E-state index in [1.165, 1.54) is 6.92 Å². The molecule has 0 aromatic heterocycles. The third-order valence-electron chi connectivity index (χ3n) is 0.439. The van der Waals surface area contributed by atoms with Gasteiger partial charge in [0.05, 0.1) is 4.57 Å². The van der Waals surface area contributed by atoms with E-state index in [4.69, 9.17) is 0 Å². The van der Waals surface area contributed by atoms with Crippen LogP contribution < -0.4 is 0 Å². The van der Waals surface area contributed by atoms with Gasteiger partial charge in [0.2, 0.25) is 0 Å². The van der Waals surface area contributed by atoms with Gasteiger partial charge in [0.15, 0.2) is 0 Å². The largest absolute Gasteiger partial charge is 0.246 e. The van der Waals surface area contributed by atoms with E-state index >= 15 is 0 Å². The second kappa shape index (κ2) is 2.92. The van der Waals surface area contributed by atoms with Crippen molar-refractivity contribution in [3.63, 3.8) is 0 Å². The SMILES string of the molecule is CC(F)C(P)Br. The minimum atomic E-state index is -0.769. The highest BCUT2D eigenvalue weighted by molar-refractivity contribution is 9.10. The van der Waals surface area contributed by atoms with Gasteiger partial charge in [-0.2, -0.15) is 0 Å². The topological polar surface area (TPSA) is 0 Å².